The highest BCUT2D eigenvalue weighted by Gasteiger charge is 2.10. The van der Waals surface area contributed by atoms with Gasteiger partial charge in [0.1, 0.15) is 11.5 Å². The third kappa shape index (κ3) is 6.10. The molecule has 6 heteroatoms. The van der Waals surface area contributed by atoms with E-state index in [-0.39, 0.29) is 12.7 Å². The molecule has 3 aromatic carbocycles. The molecule has 0 fully saturated rings. The average molecular weight is 404 g/mol. The van der Waals surface area contributed by atoms with Crippen LogP contribution in [0.4, 0.5) is 0 Å². The summed E-state index contributed by atoms with van der Waals surface area (Å²) in [5.41, 5.74) is 7.26. The highest BCUT2D eigenvalue weighted by atomic mass is 16.5. The highest BCUT2D eigenvalue weighted by molar-refractivity contribution is 5.95. The van der Waals surface area contributed by atoms with Crippen LogP contribution in [0.25, 0.3) is 11.1 Å². The first-order valence-corrected chi connectivity index (χ1v) is 9.65. The summed E-state index contributed by atoms with van der Waals surface area (Å²) < 4.78 is 11.0. The van der Waals surface area contributed by atoms with Crippen molar-refractivity contribution in [3.63, 3.8) is 0 Å². The quantitative estimate of drug-likeness (QED) is 0.584. The normalized spacial score (nSPS) is 10.4. The van der Waals surface area contributed by atoms with Gasteiger partial charge in [-0.3, -0.25) is 20.4 Å². The van der Waals surface area contributed by atoms with E-state index in [1.54, 1.807) is 36.4 Å². The van der Waals surface area contributed by atoms with Crippen molar-refractivity contribution in [2.24, 2.45) is 0 Å². The van der Waals surface area contributed by atoms with Crippen LogP contribution in [0.15, 0.2) is 78.9 Å². The van der Waals surface area contributed by atoms with Gasteiger partial charge in [0, 0.05) is 5.56 Å². The molecule has 3 rings (SSSR count). The largest absolute Gasteiger partial charge is 0.491 e. The van der Waals surface area contributed by atoms with Gasteiger partial charge < -0.3 is 9.47 Å². The molecular weight excluding hydrogens is 380 g/mol. The second-order valence-corrected chi connectivity index (χ2v) is 6.88. The fourth-order valence-electron chi connectivity index (χ4n) is 2.74. The molecule has 0 spiro atoms. The summed E-state index contributed by atoms with van der Waals surface area (Å²) in [7, 11) is 0. The molecule has 0 saturated carbocycles. The van der Waals surface area contributed by atoms with E-state index in [2.05, 4.69) is 10.9 Å². The van der Waals surface area contributed by atoms with Crippen molar-refractivity contribution in [3.05, 3.63) is 84.4 Å². The van der Waals surface area contributed by atoms with Gasteiger partial charge in [-0.1, -0.05) is 48.5 Å². The number of amides is 2. The smallest absolute Gasteiger partial charge is 0.276 e. The lowest BCUT2D eigenvalue weighted by Gasteiger charge is -2.12. The van der Waals surface area contributed by atoms with E-state index >= 15 is 0 Å². The Morgan fingerprint density at radius 3 is 2.20 bits per heavy atom. The summed E-state index contributed by atoms with van der Waals surface area (Å²) >= 11 is 0. The Kier molecular flexibility index (Phi) is 7.05. The van der Waals surface area contributed by atoms with Crippen molar-refractivity contribution in [1.29, 1.82) is 0 Å². The number of hydrogen-bond donors (Lipinski definition) is 2. The molecule has 0 unspecified atom stereocenters. The fraction of sp³-hybridized carbons (Fsp3) is 0.167. The fourth-order valence-corrected chi connectivity index (χ4v) is 2.74. The van der Waals surface area contributed by atoms with Gasteiger partial charge in [0.05, 0.1) is 6.10 Å². The molecule has 3 aromatic rings. The van der Waals surface area contributed by atoms with Gasteiger partial charge in [-0.15, -0.1) is 0 Å². The topological polar surface area (TPSA) is 76.7 Å². The number of rotatable bonds is 7. The molecule has 0 aliphatic rings. The lowest BCUT2D eigenvalue weighted by molar-refractivity contribution is -0.123. The number of hydrazine groups is 1. The maximum Gasteiger partial charge on any atom is 0.276 e. The first-order chi connectivity index (χ1) is 14.5. The number of carbonyl (C=O) groups is 2. The summed E-state index contributed by atoms with van der Waals surface area (Å²) in [6.45, 7) is 3.59. The lowest BCUT2D eigenvalue weighted by atomic mass is 10.1. The Labute approximate surface area is 175 Å². The van der Waals surface area contributed by atoms with Crippen molar-refractivity contribution in [2.45, 2.75) is 20.0 Å². The molecule has 30 heavy (non-hydrogen) atoms. The average Bonchev–Trinajstić information content (AvgIpc) is 2.76. The van der Waals surface area contributed by atoms with Gasteiger partial charge in [-0.05, 0) is 55.3 Å². The standard InChI is InChI=1S/C24H24N2O4/c1-17(2)30-22-10-6-9-20(15-22)24(28)26-25-23(27)16-29-21-13-11-19(12-14-21)18-7-4-3-5-8-18/h3-15,17H,16H2,1-2H3,(H,25,27)(H,26,28). The molecule has 0 radical (unpaired) electrons. The van der Waals surface area contributed by atoms with Crippen molar-refractivity contribution < 1.29 is 19.1 Å². The van der Waals surface area contributed by atoms with Gasteiger partial charge in [0.25, 0.3) is 11.8 Å². The Morgan fingerprint density at radius 1 is 0.800 bits per heavy atom. The van der Waals surface area contributed by atoms with Crippen molar-refractivity contribution in [1.82, 2.24) is 10.9 Å². The van der Waals surface area contributed by atoms with Crippen LogP contribution in [0, 0.1) is 0 Å². The summed E-state index contributed by atoms with van der Waals surface area (Å²) in [6, 6.07) is 24.2. The van der Waals surface area contributed by atoms with Crippen LogP contribution in [-0.4, -0.2) is 24.5 Å². The van der Waals surface area contributed by atoms with E-state index in [1.165, 1.54) is 0 Å². The van der Waals surface area contributed by atoms with Gasteiger partial charge in [0.15, 0.2) is 6.61 Å². The molecule has 0 saturated heterocycles. The summed E-state index contributed by atoms with van der Waals surface area (Å²) in [6.07, 6.45) is 0.00178. The maximum atomic E-state index is 12.2. The Balaban J connectivity index is 1.46. The Hall–Kier alpha value is -3.80. The van der Waals surface area contributed by atoms with Gasteiger partial charge in [-0.25, -0.2) is 0 Å². The van der Waals surface area contributed by atoms with Gasteiger partial charge in [-0.2, -0.15) is 0 Å². The van der Waals surface area contributed by atoms with Gasteiger partial charge >= 0.3 is 0 Å². The van der Waals surface area contributed by atoms with E-state index in [0.29, 0.717) is 17.1 Å². The highest BCUT2D eigenvalue weighted by Crippen LogP contribution is 2.22. The minimum atomic E-state index is -0.468. The van der Waals surface area contributed by atoms with Crippen LogP contribution in [0.5, 0.6) is 11.5 Å². The van der Waals surface area contributed by atoms with Crippen LogP contribution in [-0.2, 0) is 4.79 Å². The summed E-state index contributed by atoms with van der Waals surface area (Å²) in [4.78, 5) is 24.2. The second kappa shape index (κ2) is 10.1. The molecule has 0 atom stereocenters. The molecule has 2 N–H and O–H groups in total. The zero-order valence-electron chi connectivity index (χ0n) is 16.9. The first kappa shape index (κ1) is 20.9. The second-order valence-electron chi connectivity index (χ2n) is 6.88. The third-order valence-electron chi connectivity index (χ3n) is 4.11. The first-order valence-electron chi connectivity index (χ1n) is 9.65. The van der Waals surface area contributed by atoms with Crippen LogP contribution in [0.2, 0.25) is 0 Å². The molecule has 6 nitrogen and oxygen atoms in total. The molecule has 0 bridgehead atoms. The van der Waals surface area contributed by atoms with E-state index in [9.17, 15) is 9.59 Å². The van der Waals surface area contributed by atoms with Crippen molar-refractivity contribution in [3.8, 4) is 22.6 Å². The maximum absolute atomic E-state index is 12.2. The van der Waals surface area contributed by atoms with Crippen molar-refractivity contribution in [2.75, 3.05) is 6.61 Å². The number of ether oxygens (including phenoxy) is 2. The minimum Gasteiger partial charge on any atom is -0.491 e. The molecule has 0 aromatic heterocycles. The molecule has 154 valence electrons. The molecule has 0 aliphatic carbocycles. The predicted octanol–water partition coefficient (Wildman–Crippen LogP) is 3.98. The van der Waals surface area contributed by atoms with Crippen LogP contribution >= 0.6 is 0 Å². The zero-order valence-corrected chi connectivity index (χ0v) is 16.9. The SMILES string of the molecule is CC(C)Oc1cccc(C(=O)NNC(=O)COc2ccc(-c3ccccc3)cc2)c1. The van der Waals surface area contributed by atoms with E-state index in [4.69, 9.17) is 9.47 Å². The van der Waals surface area contributed by atoms with Crippen LogP contribution in [0.3, 0.4) is 0 Å². The Bertz CT molecular complexity index is 986. The van der Waals surface area contributed by atoms with Crippen LogP contribution < -0.4 is 20.3 Å². The number of carbonyl (C=O) groups excluding carboxylic acids is 2. The van der Waals surface area contributed by atoms with Gasteiger partial charge in [0.2, 0.25) is 0 Å². The third-order valence-corrected chi connectivity index (χ3v) is 4.11. The van der Waals surface area contributed by atoms with Crippen molar-refractivity contribution >= 4 is 11.8 Å². The number of hydrogen-bond acceptors (Lipinski definition) is 4. The summed E-state index contributed by atoms with van der Waals surface area (Å²) in [5, 5.41) is 0. The predicted molar refractivity (Wildman–Crippen MR) is 115 cm³/mol. The van der Waals surface area contributed by atoms with E-state index < -0.39 is 11.8 Å². The molecule has 2 amide bonds. The van der Waals surface area contributed by atoms with E-state index in [0.717, 1.165) is 11.1 Å². The lowest BCUT2D eigenvalue weighted by Crippen LogP contribution is -2.43. The Morgan fingerprint density at radius 2 is 1.50 bits per heavy atom. The zero-order chi connectivity index (χ0) is 21.3. The number of benzene rings is 3. The monoisotopic (exact) mass is 404 g/mol. The number of nitrogens with one attached hydrogen (secondary N) is 2. The molecule has 0 heterocycles. The summed E-state index contributed by atoms with van der Waals surface area (Å²) in [5.74, 6) is 0.246. The minimum absolute atomic E-state index is 0.00178. The van der Waals surface area contributed by atoms with Crippen LogP contribution in [0.1, 0.15) is 24.2 Å². The van der Waals surface area contributed by atoms with E-state index in [1.807, 2.05) is 56.3 Å². The molecular formula is C24H24N2O4. The molecule has 0 aliphatic heterocycles.